The van der Waals surface area contributed by atoms with Gasteiger partial charge in [0.2, 0.25) is 10.0 Å². The SMILES string of the molecule is CCNS(=O)(=O)c1ccc(C(=O)OC(C)C(=O)Nc2cccc([N+](=O)[O-])c2)cc1. The molecule has 0 aromatic heterocycles. The molecule has 1 unspecified atom stereocenters. The molecule has 11 heteroatoms. The lowest BCUT2D eigenvalue weighted by Gasteiger charge is -2.14. The van der Waals surface area contributed by atoms with Gasteiger partial charge in [0.25, 0.3) is 11.6 Å². The van der Waals surface area contributed by atoms with Gasteiger partial charge in [0.1, 0.15) is 0 Å². The van der Waals surface area contributed by atoms with E-state index in [0.717, 1.165) is 0 Å². The second kappa shape index (κ2) is 9.26. The number of nitro benzene ring substituents is 1. The number of carbonyl (C=O) groups excluding carboxylic acids is 2. The van der Waals surface area contributed by atoms with Crippen molar-refractivity contribution < 1.29 is 27.7 Å². The summed E-state index contributed by atoms with van der Waals surface area (Å²) in [6, 6.07) is 10.4. The van der Waals surface area contributed by atoms with Crippen molar-refractivity contribution in [1.29, 1.82) is 0 Å². The number of non-ortho nitro benzene ring substituents is 1. The molecule has 0 spiro atoms. The number of anilines is 1. The Bertz CT molecular complexity index is 1020. The Kier molecular flexibility index (Phi) is 7.02. The number of rotatable bonds is 8. The fraction of sp³-hybridized carbons (Fsp3) is 0.222. The number of nitrogens with one attached hydrogen (secondary N) is 2. The van der Waals surface area contributed by atoms with E-state index in [9.17, 15) is 28.1 Å². The van der Waals surface area contributed by atoms with Crippen molar-refractivity contribution in [2.45, 2.75) is 24.8 Å². The maximum absolute atomic E-state index is 12.2. The fourth-order valence-corrected chi connectivity index (χ4v) is 3.31. The predicted octanol–water partition coefficient (Wildman–Crippen LogP) is 2.08. The summed E-state index contributed by atoms with van der Waals surface area (Å²) in [5, 5.41) is 13.2. The van der Waals surface area contributed by atoms with Gasteiger partial charge in [-0.1, -0.05) is 13.0 Å². The summed E-state index contributed by atoms with van der Waals surface area (Å²) in [7, 11) is -3.65. The number of ether oxygens (including phenoxy) is 1. The zero-order chi connectivity index (χ0) is 21.6. The molecule has 0 radical (unpaired) electrons. The van der Waals surface area contributed by atoms with Crippen LogP contribution in [0.3, 0.4) is 0 Å². The van der Waals surface area contributed by atoms with E-state index in [4.69, 9.17) is 4.74 Å². The molecule has 0 heterocycles. The second-order valence-electron chi connectivity index (χ2n) is 5.87. The molecule has 0 saturated carbocycles. The molecule has 1 atom stereocenters. The third-order valence-electron chi connectivity index (χ3n) is 3.71. The summed E-state index contributed by atoms with van der Waals surface area (Å²) in [6.45, 7) is 3.21. The van der Waals surface area contributed by atoms with Gasteiger partial charge in [0.15, 0.2) is 6.10 Å². The van der Waals surface area contributed by atoms with Crippen LogP contribution in [0, 0.1) is 10.1 Å². The van der Waals surface area contributed by atoms with Crippen LogP contribution in [-0.2, 0) is 19.6 Å². The average molecular weight is 421 g/mol. The van der Waals surface area contributed by atoms with E-state index in [2.05, 4.69) is 10.0 Å². The molecule has 1 amide bonds. The van der Waals surface area contributed by atoms with Crippen LogP contribution in [0.4, 0.5) is 11.4 Å². The third kappa shape index (κ3) is 5.83. The number of esters is 1. The Morgan fingerprint density at radius 1 is 1.17 bits per heavy atom. The lowest BCUT2D eigenvalue weighted by atomic mass is 10.2. The van der Waals surface area contributed by atoms with Crippen molar-refractivity contribution in [3.05, 3.63) is 64.2 Å². The standard InChI is InChI=1S/C18H19N3O7S/c1-3-19-29(26,27)16-9-7-13(8-10-16)18(23)28-12(2)17(22)20-14-5-4-6-15(11-14)21(24)25/h4-12,19H,3H2,1-2H3,(H,20,22). The predicted molar refractivity (Wildman–Crippen MR) is 104 cm³/mol. The van der Waals surface area contributed by atoms with Crippen LogP contribution in [0.15, 0.2) is 53.4 Å². The van der Waals surface area contributed by atoms with Gasteiger partial charge < -0.3 is 10.1 Å². The van der Waals surface area contributed by atoms with E-state index in [-0.39, 0.29) is 28.4 Å². The van der Waals surface area contributed by atoms with E-state index in [1.807, 2.05) is 0 Å². The Balaban J connectivity index is 2.02. The minimum atomic E-state index is -3.65. The minimum absolute atomic E-state index is 0.00707. The number of hydrogen-bond donors (Lipinski definition) is 2. The monoisotopic (exact) mass is 421 g/mol. The molecule has 2 aromatic rings. The number of carbonyl (C=O) groups is 2. The number of benzene rings is 2. The number of nitrogens with zero attached hydrogens (tertiary/aromatic N) is 1. The largest absolute Gasteiger partial charge is 0.449 e. The minimum Gasteiger partial charge on any atom is -0.449 e. The van der Waals surface area contributed by atoms with Gasteiger partial charge in [0.05, 0.1) is 15.4 Å². The third-order valence-corrected chi connectivity index (χ3v) is 5.27. The maximum atomic E-state index is 12.2. The van der Waals surface area contributed by atoms with Crippen molar-refractivity contribution in [3.8, 4) is 0 Å². The number of hydrogen-bond acceptors (Lipinski definition) is 7. The Hall–Kier alpha value is -3.31. The molecule has 2 rings (SSSR count). The zero-order valence-corrected chi connectivity index (χ0v) is 16.4. The first-order valence-electron chi connectivity index (χ1n) is 8.50. The number of nitro groups is 1. The van der Waals surface area contributed by atoms with Gasteiger partial charge in [-0.3, -0.25) is 14.9 Å². The summed E-state index contributed by atoms with van der Waals surface area (Å²) in [5.41, 5.74) is 0.0561. The van der Waals surface area contributed by atoms with E-state index < -0.39 is 32.9 Å². The lowest BCUT2D eigenvalue weighted by molar-refractivity contribution is -0.384. The van der Waals surface area contributed by atoms with Crippen LogP contribution >= 0.6 is 0 Å². The molecular weight excluding hydrogens is 402 g/mol. The average Bonchev–Trinajstić information content (AvgIpc) is 2.68. The van der Waals surface area contributed by atoms with Crippen molar-refractivity contribution in [1.82, 2.24) is 4.72 Å². The first-order valence-corrected chi connectivity index (χ1v) is 9.98. The van der Waals surface area contributed by atoms with E-state index in [1.165, 1.54) is 55.5 Å². The summed E-state index contributed by atoms with van der Waals surface area (Å²) >= 11 is 0. The smallest absolute Gasteiger partial charge is 0.338 e. The van der Waals surface area contributed by atoms with Gasteiger partial charge in [-0.15, -0.1) is 0 Å². The molecule has 0 saturated heterocycles. The lowest BCUT2D eigenvalue weighted by Crippen LogP contribution is -2.30. The van der Waals surface area contributed by atoms with Crippen LogP contribution < -0.4 is 10.0 Å². The van der Waals surface area contributed by atoms with Gasteiger partial charge in [-0.05, 0) is 37.3 Å². The normalized spacial score (nSPS) is 12.1. The molecule has 10 nitrogen and oxygen atoms in total. The molecule has 2 N–H and O–H groups in total. The highest BCUT2D eigenvalue weighted by Gasteiger charge is 2.20. The van der Waals surface area contributed by atoms with Gasteiger partial charge in [-0.2, -0.15) is 0 Å². The molecule has 0 aliphatic rings. The summed E-state index contributed by atoms with van der Waals surface area (Å²) < 4.78 is 31.2. The van der Waals surface area contributed by atoms with Gasteiger partial charge in [0, 0.05) is 24.4 Å². The van der Waals surface area contributed by atoms with E-state index in [1.54, 1.807) is 6.92 Å². The van der Waals surface area contributed by atoms with E-state index >= 15 is 0 Å². The molecule has 154 valence electrons. The van der Waals surface area contributed by atoms with E-state index in [0.29, 0.717) is 0 Å². The van der Waals surface area contributed by atoms with Crippen molar-refractivity contribution in [2.24, 2.45) is 0 Å². The summed E-state index contributed by atoms with van der Waals surface area (Å²) in [5.74, 6) is -1.50. The van der Waals surface area contributed by atoms with Crippen LogP contribution in [0.25, 0.3) is 0 Å². The quantitative estimate of drug-likeness (QED) is 0.377. The van der Waals surface area contributed by atoms with Gasteiger partial charge in [-0.25, -0.2) is 17.9 Å². The highest BCUT2D eigenvalue weighted by molar-refractivity contribution is 7.89. The first kappa shape index (κ1) is 22.0. The highest BCUT2D eigenvalue weighted by Crippen LogP contribution is 2.18. The maximum Gasteiger partial charge on any atom is 0.338 e. The first-order chi connectivity index (χ1) is 13.6. The molecule has 0 aliphatic heterocycles. The Morgan fingerprint density at radius 3 is 2.41 bits per heavy atom. The fourth-order valence-electron chi connectivity index (χ4n) is 2.27. The number of sulfonamides is 1. The Morgan fingerprint density at radius 2 is 1.83 bits per heavy atom. The van der Waals surface area contributed by atoms with Crippen molar-refractivity contribution >= 4 is 33.3 Å². The van der Waals surface area contributed by atoms with Crippen LogP contribution in [-0.4, -0.2) is 37.9 Å². The summed E-state index contributed by atoms with van der Waals surface area (Å²) in [6.07, 6.45) is -1.19. The zero-order valence-electron chi connectivity index (χ0n) is 15.6. The molecule has 29 heavy (non-hydrogen) atoms. The molecule has 0 fully saturated rings. The number of amides is 1. The van der Waals surface area contributed by atoms with Gasteiger partial charge >= 0.3 is 5.97 Å². The second-order valence-corrected chi connectivity index (χ2v) is 7.64. The molecule has 0 aliphatic carbocycles. The molecule has 2 aromatic carbocycles. The molecule has 0 bridgehead atoms. The Labute approximate surface area is 167 Å². The van der Waals surface area contributed by atoms with Crippen molar-refractivity contribution in [2.75, 3.05) is 11.9 Å². The summed E-state index contributed by atoms with van der Waals surface area (Å²) in [4.78, 5) is 34.5. The van der Waals surface area contributed by atoms with Crippen LogP contribution in [0.1, 0.15) is 24.2 Å². The highest BCUT2D eigenvalue weighted by atomic mass is 32.2. The van der Waals surface area contributed by atoms with Crippen LogP contribution in [0.2, 0.25) is 0 Å². The van der Waals surface area contributed by atoms with Crippen LogP contribution in [0.5, 0.6) is 0 Å². The van der Waals surface area contributed by atoms with Crippen molar-refractivity contribution in [3.63, 3.8) is 0 Å². The topological polar surface area (TPSA) is 145 Å². The molecular formula is C18H19N3O7S.